The minimum absolute atomic E-state index is 0.806. The minimum Gasteiger partial charge on any atom is -0.497 e. The lowest BCUT2D eigenvalue weighted by Crippen LogP contribution is -2.11. The minimum atomic E-state index is 0.806. The second kappa shape index (κ2) is 8.45. The first-order valence-corrected chi connectivity index (χ1v) is 7.97. The predicted molar refractivity (Wildman–Crippen MR) is 103 cm³/mol. The van der Waals surface area contributed by atoms with Gasteiger partial charge in [0.1, 0.15) is 12.1 Å². The van der Waals surface area contributed by atoms with E-state index in [0.717, 1.165) is 28.3 Å². The zero-order chi connectivity index (χ0) is 17.3. The predicted octanol–water partition coefficient (Wildman–Crippen LogP) is 4.40. The standard InChI is InChI=1S/C21H19N3O/c1-25-20-14-12-19(13-15-20)22-16-23-24-21(17-8-4-2-5-9-17)18-10-6-3-7-11-18/h2-16H,1H3,(H,22,23). The molecular formula is C21H19N3O. The monoisotopic (exact) mass is 329 g/mol. The summed E-state index contributed by atoms with van der Waals surface area (Å²) in [5.74, 6) is 0.806. The molecule has 1 N–H and O–H groups in total. The van der Waals surface area contributed by atoms with Crippen molar-refractivity contribution in [1.82, 2.24) is 5.43 Å². The molecule has 0 radical (unpaired) electrons. The second-order valence-electron chi connectivity index (χ2n) is 5.28. The Labute approximate surface area is 147 Å². The van der Waals surface area contributed by atoms with Gasteiger partial charge in [-0.15, -0.1) is 0 Å². The highest BCUT2D eigenvalue weighted by molar-refractivity contribution is 6.12. The van der Waals surface area contributed by atoms with Crippen molar-refractivity contribution in [1.29, 1.82) is 0 Å². The third kappa shape index (κ3) is 4.54. The van der Waals surface area contributed by atoms with Crippen LogP contribution in [0.4, 0.5) is 5.69 Å². The molecule has 0 unspecified atom stereocenters. The van der Waals surface area contributed by atoms with Crippen LogP contribution in [0.3, 0.4) is 0 Å². The molecule has 0 atom stereocenters. The average molecular weight is 329 g/mol. The van der Waals surface area contributed by atoms with Crippen LogP contribution >= 0.6 is 0 Å². The van der Waals surface area contributed by atoms with Crippen LogP contribution in [0.5, 0.6) is 5.75 Å². The first kappa shape index (κ1) is 16.5. The number of benzene rings is 3. The van der Waals surface area contributed by atoms with Gasteiger partial charge in [-0.3, -0.25) is 5.43 Å². The van der Waals surface area contributed by atoms with E-state index < -0.39 is 0 Å². The number of hydrogen-bond donors (Lipinski definition) is 1. The van der Waals surface area contributed by atoms with Gasteiger partial charge in [0.15, 0.2) is 0 Å². The van der Waals surface area contributed by atoms with Crippen LogP contribution in [0.2, 0.25) is 0 Å². The summed E-state index contributed by atoms with van der Waals surface area (Å²) in [5.41, 5.74) is 6.69. The molecule has 3 aromatic carbocycles. The Morgan fingerprint density at radius 1 is 0.800 bits per heavy atom. The van der Waals surface area contributed by atoms with E-state index in [1.54, 1.807) is 13.4 Å². The Morgan fingerprint density at radius 2 is 1.36 bits per heavy atom. The van der Waals surface area contributed by atoms with Crippen molar-refractivity contribution in [2.45, 2.75) is 0 Å². The fraction of sp³-hybridized carbons (Fsp3) is 0.0476. The van der Waals surface area contributed by atoms with Gasteiger partial charge in [0.05, 0.1) is 18.5 Å². The van der Waals surface area contributed by atoms with Gasteiger partial charge in [0.25, 0.3) is 0 Å². The van der Waals surface area contributed by atoms with Crippen molar-refractivity contribution in [3.05, 3.63) is 96.1 Å². The Kier molecular flexibility index (Phi) is 5.56. The molecule has 3 rings (SSSR count). The Balaban J connectivity index is 1.78. The van der Waals surface area contributed by atoms with Crippen molar-refractivity contribution in [2.24, 2.45) is 10.1 Å². The lowest BCUT2D eigenvalue weighted by Gasteiger charge is -2.06. The molecule has 0 aliphatic carbocycles. The van der Waals surface area contributed by atoms with Crippen LogP contribution in [0.1, 0.15) is 11.1 Å². The van der Waals surface area contributed by atoms with E-state index in [4.69, 9.17) is 4.74 Å². The molecule has 0 bridgehead atoms. The number of nitrogens with zero attached hydrogens (tertiary/aromatic N) is 2. The molecule has 0 aliphatic heterocycles. The summed E-state index contributed by atoms with van der Waals surface area (Å²) in [6, 6.07) is 27.6. The first-order chi connectivity index (χ1) is 12.4. The van der Waals surface area contributed by atoms with Crippen LogP contribution in [0.25, 0.3) is 0 Å². The molecule has 0 heterocycles. The van der Waals surface area contributed by atoms with E-state index in [1.165, 1.54) is 0 Å². The molecule has 25 heavy (non-hydrogen) atoms. The third-order valence-corrected chi connectivity index (χ3v) is 3.61. The van der Waals surface area contributed by atoms with E-state index in [1.807, 2.05) is 84.9 Å². The molecule has 0 fully saturated rings. The summed E-state index contributed by atoms with van der Waals surface area (Å²) in [7, 11) is 1.64. The molecule has 0 aromatic heterocycles. The molecule has 0 saturated carbocycles. The number of hydrogen-bond acceptors (Lipinski definition) is 3. The molecule has 0 spiro atoms. The highest BCUT2D eigenvalue weighted by Gasteiger charge is 2.05. The van der Waals surface area contributed by atoms with Crippen LogP contribution in [0.15, 0.2) is 95.0 Å². The quantitative estimate of drug-likeness (QED) is 0.414. The summed E-state index contributed by atoms with van der Waals surface area (Å²) in [4.78, 5) is 4.34. The van der Waals surface area contributed by atoms with Gasteiger partial charge in [-0.25, -0.2) is 4.99 Å². The Hall–Kier alpha value is -3.40. The maximum atomic E-state index is 5.13. The summed E-state index contributed by atoms with van der Waals surface area (Å²) in [5, 5.41) is 4.51. The van der Waals surface area contributed by atoms with Gasteiger partial charge < -0.3 is 4.74 Å². The number of aliphatic imine (C=N–C) groups is 1. The van der Waals surface area contributed by atoms with Crippen LogP contribution in [-0.2, 0) is 0 Å². The van der Waals surface area contributed by atoms with Crippen LogP contribution < -0.4 is 10.2 Å². The SMILES string of the molecule is COc1ccc(N=CNN=C(c2ccccc2)c2ccccc2)cc1. The van der Waals surface area contributed by atoms with E-state index in [9.17, 15) is 0 Å². The van der Waals surface area contributed by atoms with Crippen LogP contribution in [-0.4, -0.2) is 19.2 Å². The van der Waals surface area contributed by atoms with Crippen molar-refractivity contribution in [3.8, 4) is 5.75 Å². The van der Waals surface area contributed by atoms with Gasteiger partial charge in [-0.1, -0.05) is 60.7 Å². The third-order valence-electron chi connectivity index (χ3n) is 3.61. The number of rotatable bonds is 6. The smallest absolute Gasteiger partial charge is 0.119 e. The molecule has 4 nitrogen and oxygen atoms in total. The first-order valence-electron chi connectivity index (χ1n) is 7.97. The number of ether oxygens (including phenoxy) is 1. The lowest BCUT2D eigenvalue weighted by molar-refractivity contribution is 0.415. The van der Waals surface area contributed by atoms with Gasteiger partial charge in [0.2, 0.25) is 0 Å². The number of nitrogens with one attached hydrogen (secondary N) is 1. The molecule has 0 amide bonds. The summed E-state index contributed by atoms with van der Waals surface area (Å²) in [6.45, 7) is 0. The van der Waals surface area contributed by atoms with Gasteiger partial charge in [-0.05, 0) is 24.3 Å². The van der Waals surface area contributed by atoms with Crippen molar-refractivity contribution >= 4 is 17.7 Å². The number of methoxy groups -OCH3 is 1. The molecule has 4 heteroatoms. The normalized spacial score (nSPS) is 10.4. The molecule has 0 aliphatic rings. The van der Waals surface area contributed by atoms with Gasteiger partial charge in [-0.2, -0.15) is 5.10 Å². The summed E-state index contributed by atoms with van der Waals surface area (Å²) >= 11 is 0. The maximum absolute atomic E-state index is 5.13. The van der Waals surface area contributed by atoms with Crippen LogP contribution in [0, 0.1) is 0 Å². The van der Waals surface area contributed by atoms with Crippen molar-refractivity contribution in [3.63, 3.8) is 0 Å². The maximum Gasteiger partial charge on any atom is 0.119 e. The molecular weight excluding hydrogens is 310 g/mol. The average Bonchev–Trinajstić information content (AvgIpc) is 2.70. The van der Waals surface area contributed by atoms with E-state index >= 15 is 0 Å². The largest absolute Gasteiger partial charge is 0.497 e. The summed E-state index contributed by atoms with van der Waals surface area (Å²) in [6.07, 6.45) is 1.58. The van der Waals surface area contributed by atoms with Gasteiger partial charge in [0, 0.05) is 11.1 Å². The van der Waals surface area contributed by atoms with Crippen molar-refractivity contribution < 1.29 is 4.74 Å². The van der Waals surface area contributed by atoms with Gasteiger partial charge >= 0.3 is 0 Å². The molecule has 3 aromatic rings. The van der Waals surface area contributed by atoms with Crippen molar-refractivity contribution in [2.75, 3.05) is 7.11 Å². The fourth-order valence-corrected chi connectivity index (χ4v) is 2.35. The summed E-state index contributed by atoms with van der Waals surface area (Å²) < 4.78 is 5.13. The molecule has 0 saturated heterocycles. The highest BCUT2D eigenvalue weighted by Crippen LogP contribution is 2.16. The number of hydrazone groups is 1. The Bertz CT molecular complexity index is 800. The van der Waals surface area contributed by atoms with E-state index in [0.29, 0.717) is 0 Å². The topological polar surface area (TPSA) is 46.0 Å². The second-order valence-corrected chi connectivity index (χ2v) is 5.28. The van der Waals surface area contributed by atoms with E-state index in [2.05, 4.69) is 15.5 Å². The lowest BCUT2D eigenvalue weighted by atomic mass is 10.0. The fourth-order valence-electron chi connectivity index (χ4n) is 2.35. The molecule has 124 valence electrons. The highest BCUT2D eigenvalue weighted by atomic mass is 16.5. The zero-order valence-corrected chi connectivity index (χ0v) is 14.0. The zero-order valence-electron chi connectivity index (χ0n) is 14.0. The van der Waals surface area contributed by atoms with E-state index in [-0.39, 0.29) is 0 Å². The Morgan fingerprint density at radius 3 is 1.88 bits per heavy atom.